The molecule has 1 aromatic carbocycles. The second-order valence-electron chi connectivity index (χ2n) is 5.99. The molecule has 0 aromatic heterocycles. The maximum Gasteiger partial charge on any atom is 0.0614 e. The molecule has 3 aliphatic rings. The van der Waals surface area contributed by atoms with Crippen LogP contribution in [0.15, 0.2) is 97.2 Å². The van der Waals surface area contributed by atoms with E-state index in [2.05, 4.69) is 97.2 Å². The van der Waals surface area contributed by atoms with Crippen molar-refractivity contribution < 1.29 is 0 Å². The summed E-state index contributed by atoms with van der Waals surface area (Å²) in [6.45, 7) is 0. The lowest BCUT2D eigenvalue weighted by Crippen LogP contribution is -2.56. The van der Waals surface area contributed by atoms with E-state index < -0.39 is 8.07 Å². The van der Waals surface area contributed by atoms with Gasteiger partial charge in [0.1, 0.15) is 0 Å². The molecular formula is C20H19Si-. The summed E-state index contributed by atoms with van der Waals surface area (Å²) < 4.78 is 0. The Bertz CT molecular complexity index is 574. The maximum absolute atomic E-state index is 2.42. The van der Waals surface area contributed by atoms with Crippen LogP contribution in [0.1, 0.15) is 0 Å². The molecule has 1 aromatic rings. The van der Waals surface area contributed by atoms with Gasteiger partial charge >= 0.3 is 0 Å². The van der Waals surface area contributed by atoms with Crippen molar-refractivity contribution in [1.29, 1.82) is 0 Å². The Morgan fingerprint density at radius 1 is 0.524 bits per heavy atom. The minimum Gasteiger partial charge on any atom is -0.214 e. The zero-order valence-corrected chi connectivity index (χ0v) is 13.0. The van der Waals surface area contributed by atoms with Crippen LogP contribution in [-0.4, -0.2) is 8.07 Å². The molecule has 0 radical (unpaired) electrons. The Labute approximate surface area is 127 Å². The molecule has 0 saturated carbocycles. The van der Waals surface area contributed by atoms with Gasteiger partial charge < -0.3 is 0 Å². The van der Waals surface area contributed by atoms with E-state index in [0.29, 0.717) is 16.6 Å². The summed E-state index contributed by atoms with van der Waals surface area (Å²) in [6, 6.07) is 9.10. The van der Waals surface area contributed by atoms with Crippen LogP contribution in [-0.2, 0) is 0 Å². The lowest BCUT2D eigenvalue weighted by molar-refractivity contribution is 1.10. The molecule has 0 fully saturated rings. The predicted molar refractivity (Wildman–Crippen MR) is 93.5 cm³/mol. The number of allylic oxidation sites excluding steroid dienone is 12. The monoisotopic (exact) mass is 287 g/mol. The van der Waals surface area contributed by atoms with E-state index in [-0.39, 0.29) is 0 Å². The third-order valence-corrected chi connectivity index (χ3v) is 10.9. The van der Waals surface area contributed by atoms with Gasteiger partial charge in [-0.3, -0.25) is 0 Å². The standard InChI is InChI=1S/C20H19Si/c1-2-10-17(9-1)21(18-11-3-4-12-18,19-13-5-6-14-19)20-15-7-8-16-20/h1-19H/q-1. The van der Waals surface area contributed by atoms with Gasteiger partial charge in [0.2, 0.25) is 0 Å². The first-order chi connectivity index (χ1) is 10.4. The van der Waals surface area contributed by atoms with Gasteiger partial charge in [-0.25, -0.2) is 12.1 Å². The summed E-state index contributed by atoms with van der Waals surface area (Å²) in [5.74, 6) is 0. The van der Waals surface area contributed by atoms with Crippen LogP contribution in [0.5, 0.6) is 0 Å². The fourth-order valence-corrected chi connectivity index (χ4v) is 9.99. The van der Waals surface area contributed by atoms with Crippen molar-refractivity contribution in [3.63, 3.8) is 0 Å². The Morgan fingerprint density at radius 3 is 1.19 bits per heavy atom. The highest BCUT2D eigenvalue weighted by molar-refractivity contribution is 6.97. The van der Waals surface area contributed by atoms with E-state index in [4.69, 9.17) is 0 Å². The fourth-order valence-electron chi connectivity index (χ4n) is 4.16. The molecule has 1 heteroatoms. The molecule has 0 atom stereocenters. The van der Waals surface area contributed by atoms with E-state index in [1.54, 1.807) is 5.19 Å². The summed E-state index contributed by atoms with van der Waals surface area (Å²) in [7, 11) is -1.84. The SMILES string of the molecule is C1=CC([Si]([c-]2cccc2)(C2C=CC=C2)C2C=CC=C2)C=C1. The van der Waals surface area contributed by atoms with Gasteiger partial charge in [0.15, 0.2) is 0 Å². The zero-order chi connectivity index (χ0) is 14.1. The molecule has 104 valence electrons. The Hall–Kier alpha value is -1.99. The van der Waals surface area contributed by atoms with Crippen LogP contribution >= 0.6 is 0 Å². The summed E-state index contributed by atoms with van der Waals surface area (Å²) in [6.07, 6.45) is 27.8. The molecule has 4 rings (SSSR count). The fraction of sp³-hybridized carbons (Fsp3) is 0.150. The highest BCUT2D eigenvalue weighted by Crippen LogP contribution is 2.49. The van der Waals surface area contributed by atoms with Crippen molar-refractivity contribution >= 4 is 13.3 Å². The third kappa shape index (κ3) is 1.84. The van der Waals surface area contributed by atoms with Gasteiger partial charge in [-0.1, -0.05) is 72.9 Å². The molecule has 0 heterocycles. The van der Waals surface area contributed by atoms with Crippen LogP contribution < -0.4 is 5.19 Å². The highest BCUT2D eigenvalue weighted by Gasteiger charge is 2.47. The van der Waals surface area contributed by atoms with E-state index in [0.717, 1.165) is 0 Å². The maximum atomic E-state index is 2.42. The van der Waals surface area contributed by atoms with E-state index in [1.807, 2.05) is 0 Å². The van der Waals surface area contributed by atoms with Crippen LogP contribution in [0.2, 0.25) is 16.6 Å². The van der Waals surface area contributed by atoms with Crippen molar-refractivity contribution in [3.8, 4) is 0 Å². The van der Waals surface area contributed by atoms with Crippen LogP contribution in [0.4, 0.5) is 0 Å². The van der Waals surface area contributed by atoms with Crippen LogP contribution in [0.3, 0.4) is 0 Å². The molecule has 0 spiro atoms. The van der Waals surface area contributed by atoms with E-state index in [1.165, 1.54) is 0 Å². The van der Waals surface area contributed by atoms with Gasteiger partial charge in [-0.05, 0) is 16.6 Å². The number of rotatable bonds is 4. The molecule has 0 bridgehead atoms. The topological polar surface area (TPSA) is 0 Å². The summed E-state index contributed by atoms with van der Waals surface area (Å²) in [5, 5.41) is 1.58. The first kappa shape index (κ1) is 12.7. The quantitative estimate of drug-likeness (QED) is 0.563. The Morgan fingerprint density at radius 2 is 0.857 bits per heavy atom. The van der Waals surface area contributed by atoms with Gasteiger partial charge in [0.25, 0.3) is 0 Å². The second kappa shape index (κ2) is 5.08. The predicted octanol–water partition coefficient (Wildman–Crippen LogP) is 4.55. The van der Waals surface area contributed by atoms with Crippen molar-refractivity contribution in [1.82, 2.24) is 0 Å². The highest BCUT2D eigenvalue weighted by atomic mass is 28.3. The van der Waals surface area contributed by atoms with Crippen molar-refractivity contribution in [3.05, 3.63) is 97.2 Å². The van der Waals surface area contributed by atoms with Gasteiger partial charge in [-0.15, -0.1) is 0 Å². The van der Waals surface area contributed by atoms with Crippen LogP contribution in [0.25, 0.3) is 0 Å². The largest absolute Gasteiger partial charge is 0.214 e. The minimum atomic E-state index is -1.84. The smallest absolute Gasteiger partial charge is 0.0614 e. The normalized spacial score (nSPS) is 21.5. The molecule has 0 aliphatic heterocycles. The zero-order valence-electron chi connectivity index (χ0n) is 12.0. The number of hydrogen-bond acceptors (Lipinski definition) is 0. The Balaban J connectivity index is 1.93. The molecule has 0 nitrogen and oxygen atoms in total. The van der Waals surface area contributed by atoms with Gasteiger partial charge in [0, 0.05) is 0 Å². The molecule has 0 saturated heterocycles. The summed E-state index contributed by atoms with van der Waals surface area (Å²) >= 11 is 0. The molecule has 3 aliphatic carbocycles. The molecule has 21 heavy (non-hydrogen) atoms. The van der Waals surface area contributed by atoms with Crippen molar-refractivity contribution in [2.24, 2.45) is 0 Å². The van der Waals surface area contributed by atoms with E-state index >= 15 is 0 Å². The second-order valence-corrected chi connectivity index (χ2v) is 10.4. The van der Waals surface area contributed by atoms with Gasteiger partial charge in [0.05, 0.1) is 8.07 Å². The first-order valence-electron chi connectivity index (χ1n) is 7.69. The van der Waals surface area contributed by atoms with E-state index in [9.17, 15) is 0 Å². The number of hydrogen-bond donors (Lipinski definition) is 0. The molecule has 0 amide bonds. The average molecular weight is 287 g/mol. The lowest BCUT2D eigenvalue weighted by Gasteiger charge is -2.46. The molecule has 0 N–H and O–H groups in total. The minimum absolute atomic E-state index is 0.565. The Kier molecular flexibility index (Phi) is 3.08. The average Bonchev–Trinajstić information content (AvgIpc) is 3.32. The molecular weight excluding hydrogens is 268 g/mol. The third-order valence-electron chi connectivity index (χ3n) is 5.06. The lowest BCUT2D eigenvalue weighted by atomic mass is 10.4. The summed E-state index contributed by atoms with van der Waals surface area (Å²) in [4.78, 5) is 0. The first-order valence-corrected chi connectivity index (χ1v) is 9.93. The van der Waals surface area contributed by atoms with Crippen LogP contribution in [0, 0.1) is 0 Å². The summed E-state index contributed by atoms with van der Waals surface area (Å²) in [5.41, 5.74) is 1.69. The van der Waals surface area contributed by atoms with Crippen molar-refractivity contribution in [2.45, 2.75) is 16.6 Å². The molecule has 0 unspecified atom stereocenters. The van der Waals surface area contributed by atoms with Crippen molar-refractivity contribution in [2.75, 3.05) is 0 Å². The van der Waals surface area contributed by atoms with Gasteiger partial charge in [-0.2, -0.15) is 17.3 Å².